The van der Waals surface area contributed by atoms with Crippen molar-refractivity contribution in [3.8, 4) is 5.75 Å². The molecule has 1 N–H and O–H groups in total. The van der Waals surface area contributed by atoms with Crippen molar-refractivity contribution in [3.63, 3.8) is 0 Å². The van der Waals surface area contributed by atoms with E-state index in [0.29, 0.717) is 21.9 Å². The zero-order valence-electron chi connectivity index (χ0n) is 13.0. The standard InChI is InChI=1S/C18H16ClFO4/c1-24-13-6-8-16(19)15(10-13)14(7-9-17(21)22)18(23)11-2-4-12(20)5-3-11/h2-6,8,10,14H,7,9H2,1H3,(H,21,22). The lowest BCUT2D eigenvalue weighted by molar-refractivity contribution is -0.137. The Morgan fingerprint density at radius 2 is 1.88 bits per heavy atom. The van der Waals surface area contributed by atoms with Crippen molar-refractivity contribution in [2.24, 2.45) is 0 Å². The van der Waals surface area contributed by atoms with Crippen LogP contribution in [0.4, 0.5) is 4.39 Å². The monoisotopic (exact) mass is 350 g/mol. The quantitative estimate of drug-likeness (QED) is 0.755. The van der Waals surface area contributed by atoms with E-state index in [9.17, 15) is 14.0 Å². The van der Waals surface area contributed by atoms with Gasteiger partial charge in [-0.2, -0.15) is 0 Å². The summed E-state index contributed by atoms with van der Waals surface area (Å²) in [5, 5.41) is 9.30. The zero-order valence-corrected chi connectivity index (χ0v) is 13.7. The van der Waals surface area contributed by atoms with Crippen molar-refractivity contribution in [2.75, 3.05) is 7.11 Å². The van der Waals surface area contributed by atoms with Gasteiger partial charge in [-0.1, -0.05) is 11.6 Å². The molecule has 0 bridgehead atoms. The van der Waals surface area contributed by atoms with E-state index in [1.807, 2.05) is 0 Å². The van der Waals surface area contributed by atoms with Crippen LogP contribution in [0.1, 0.15) is 34.7 Å². The molecule has 0 radical (unpaired) electrons. The van der Waals surface area contributed by atoms with Crippen LogP contribution >= 0.6 is 11.6 Å². The topological polar surface area (TPSA) is 63.6 Å². The van der Waals surface area contributed by atoms with Crippen LogP contribution in [0.25, 0.3) is 0 Å². The van der Waals surface area contributed by atoms with E-state index in [4.69, 9.17) is 21.4 Å². The molecule has 1 atom stereocenters. The average molecular weight is 351 g/mol. The molecular weight excluding hydrogens is 335 g/mol. The average Bonchev–Trinajstić information content (AvgIpc) is 2.56. The molecule has 2 aromatic carbocycles. The normalized spacial score (nSPS) is 11.8. The predicted octanol–water partition coefficient (Wildman–Crippen LogP) is 4.32. The molecule has 0 amide bonds. The second-order valence-corrected chi connectivity index (χ2v) is 5.65. The van der Waals surface area contributed by atoms with Gasteiger partial charge in [0, 0.05) is 22.9 Å². The second kappa shape index (κ2) is 7.93. The predicted molar refractivity (Wildman–Crippen MR) is 88.3 cm³/mol. The van der Waals surface area contributed by atoms with E-state index in [-0.39, 0.29) is 18.6 Å². The summed E-state index contributed by atoms with van der Waals surface area (Å²) in [6.07, 6.45) is -0.108. The fourth-order valence-electron chi connectivity index (χ4n) is 2.43. The van der Waals surface area contributed by atoms with Crippen molar-refractivity contribution < 1.29 is 23.8 Å². The molecule has 2 aromatic rings. The number of ether oxygens (including phenoxy) is 1. The molecule has 4 nitrogen and oxygen atoms in total. The molecular formula is C18H16ClFO4. The number of aliphatic carboxylic acids is 1. The molecule has 0 spiro atoms. The minimum Gasteiger partial charge on any atom is -0.497 e. The van der Waals surface area contributed by atoms with Gasteiger partial charge in [-0.3, -0.25) is 9.59 Å². The van der Waals surface area contributed by atoms with Crippen molar-refractivity contribution >= 4 is 23.4 Å². The lowest BCUT2D eigenvalue weighted by Gasteiger charge is -2.18. The van der Waals surface area contributed by atoms with Crippen LogP contribution in [0.3, 0.4) is 0 Å². The minimum absolute atomic E-state index is 0.0818. The molecule has 0 saturated heterocycles. The number of methoxy groups -OCH3 is 1. The summed E-state index contributed by atoms with van der Waals surface area (Å²) < 4.78 is 18.2. The minimum atomic E-state index is -1.01. The molecule has 0 heterocycles. The fourth-order valence-corrected chi connectivity index (χ4v) is 2.68. The van der Waals surface area contributed by atoms with Crippen LogP contribution < -0.4 is 4.74 Å². The molecule has 1 unspecified atom stereocenters. The summed E-state index contributed by atoms with van der Waals surface area (Å²) in [5.74, 6) is -2.01. The van der Waals surface area contributed by atoms with Gasteiger partial charge in [0.1, 0.15) is 11.6 Å². The molecule has 24 heavy (non-hydrogen) atoms. The van der Waals surface area contributed by atoms with E-state index in [1.165, 1.54) is 31.4 Å². The Bertz CT molecular complexity index is 743. The van der Waals surface area contributed by atoms with Crippen molar-refractivity contribution in [1.82, 2.24) is 0 Å². The first-order valence-electron chi connectivity index (χ1n) is 7.27. The second-order valence-electron chi connectivity index (χ2n) is 5.24. The van der Waals surface area contributed by atoms with Gasteiger partial charge in [0.25, 0.3) is 0 Å². The van der Waals surface area contributed by atoms with Crippen LogP contribution in [0.2, 0.25) is 5.02 Å². The van der Waals surface area contributed by atoms with E-state index in [2.05, 4.69) is 0 Å². The number of rotatable bonds is 7. The Morgan fingerprint density at radius 3 is 2.46 bits per heavy atom. The lowest BCUT2D eigenvalue weighted by atomic mass is 9.87. The van der Waals surface area contributed by atoms with Gasteiger partial charge in [0.15, 0.2) is 5.78 Å². The Balaban J connectivity index is 2.42. The third-order valence-corrected chi connectivity index (χ3v) is 4.01. The molecule has 0 aliphatic carbocycles. The number of benzene rings is 2. The Kier molecular flexibility index (Phi) is 5.93. The largest absolute Gasteiger partial charge is 0.497 e. The van der Waals surface area contributed by atoms with Gasteiger partial charge in [-0.15, -0.1) is 0 Å². The van der Waals surface area contributed by atoms with E-state index in [0.717, 1.165) is 0 Å². The summed E-state index contributed by atoms with van der Waals surface area (Å²) in [5.41, 5.74) is 0.789. The fraction of sp³-hybridized carbons (Fsp3) is 0.222. The summed E-state index contributed by atoms with van der Waals surface area (Å²) in [7, 11) is 1.49. The maximum absolute atomic E-state index is 13.1. The molecule has 0 saturated carbocycles. The van der Waals surface area contributed by atoms with Crippen LogP contribution in [0.15, 0.2) is 42.5 Å². The van der Waals surface area contributed by atoms with Crippen molar-refractivity contribution in [3.05, 3.63) is 64.4 Å². The van der Waals surface area contributed by atoms with Crippen molar-refractivity contribution in [2.45, 2.75) is 18.8 Å². The first-order valence-corrected chi connectivity index (χ1v) is 7.65. The van der Waals surface area contributed by atoms with Gasteiger partial charge >= 0.3 is 5.97 Å². The maximum Gasteiger partial charge on any atom is 0.303 e. The third kappa shape index (κ3) is 4.32. The molecule has 6 heteroatoms. The van der Waals surface area contributed by atoms with Gasteiger partial charge < -0.3 is 9.84 Å². The molecule has 0 aromatic heterocycles. The highest BCUT2D eigenvalue weighted by molar-refractivity contribution is 6.31. The summed E-state index contributed by atoms with van der Waals surface area (Å²) >= 11 is 6.20. The highest BCUT2D eigenvalue weighted by Crippen LogP contribution is 2.34. The number of ketones is 1. The van der Waals surface area contributed by atoms with E-state index < -0.39 is 17.7 Å². The number of hydrogen-bond donors (Lipinski definition) is 1. The number of halogens is 2. The van der Waals surface area contributed by atoms with Crippen molar-refractivity contribution in [1.29, 1.82) is 0 Å². The Hall–Kier alpha value is -2.40. The number of Topliss-reactive ketones (excluding diaryl/α,β-unsaturated/α-hetero) is 1. The Labute approximate surface area is 143 Å². The molecule has 0 aliphatic rings. The van der Waals surface area contributed by atoms with E-state index >= 15 is 0 Å². The number of hydrogen-bond acceptors (Lipinski definition) is 3. The summed E-state index contributed by atoms with van der Waals surface area (Å²) in [4.78, 5) is 23.7. The van der Waals surface area contributed by atoms with Gasteiger partial charge in [0.2, 0.25) is 0 Å². The highest BCUT2D eigenvalue weighted by Gasteiger charge is 2.25. The van der Waals surface area contributed by atoms with Gasteiger partial charge in [-0.25, -0.2) is 4.39 Å². The van der Waals surface area contributed by atoms with Gasteiger partial charge in [0.05, 0.1) is 7.11 Å². The van der Waals surface area contributed by atoms with Gasteiger partial charge in [-0.05, 0) is 54.4 Å². The zero-order chi connectivity index (χ0) is 17.7. The first kappa shape index (κ1) is 17.9. The third-order valence-electron chi connectivity index (χ3n) is 3.67. The maximum atomic E-state index is 13.1. The number of carboxylic acids is 1. The summed E-state index contributed by atoms with van der Waals surface area (Å²) in [6.45, 7) is 0. The lowest BCUT2D eigenvalue weighted by Crippen LogP contribution is -2.15. The number of carbonyl (C=O) groups excluding carboxylic acids is 1. The summed E-state index contributed by atoms with van der Waals surface area (Å²) in [6, 6.07) is 10.0. The molecule has 0 fully saturated rings. The molecule has 126 valence electrons. The highest BCUT2D eigenvalue weighted by atomic mass is 35.5. The smallest absolute Gasteiger partial charge is 0.303 e. The van der Waals surface area contributed by atoms with Crippen LogP contribution in [0, 0.1) is 5.82 Å². The van der Waals surface area contributed by atoms with Crippen LogP contribution in [0.5, 0.6) is 5.75 Å². The van der Waals surface area contributed by atoms with E-state index in [1.54, 1.807) is 18.2 Å². The number of carboxylic acid groups (broad SMARTS) is 1. The first-order chi connectivity index (χ1) is 11.4. The molecule has 0 aliphatic heterocycles. The SMILES string of the molecule is COc1ccc(Cl)c(C(CCC(=O)O)C(=O)c2ccc(F)cc2)c1. The Morgan fingerprint density at radius 1 is 1.21 bits per heavy atom. The van der Waals surface area contributed by atoms with Crippen LogP contribution in [-0.2, 0) is 4.79 Å². The number of carbonyl (C=O) groups is 2. The van der Waals surface area contributed by atoms with Crippen LogP contribution in [-0.4, -0.2) is 24.0 Å². The molecule has 2 rings (SSSR count).